The first-order valence-electron chi connectivity index (χ1n) is 6.70. The molecule has 0 heterocycles. The third kappa shape index (κ3) is 5.04. The van der Waals surface area contributed by atoms with Gasteiger partial charge in [0.2, 0.25) is 11.8 Å². The van der Waals surface area contributed by atoms with E-state index in [-0.39, 0.29) is 18.4 Å². The highest BCUT2D eigenvalue weighted by atomic mass is 16.3. The Kier molecular flexibility index (Phi) is 5.59. The van der Waals surface area contributed by atoms with Gasteiger partial charge in [-0.3, -0.25) is 9.59 Å². The van der Waals surface area contributed by atoms with Gasteiger partial charge >= 0.3 is 0 Å². The van der Waals surface area contributed by atoms with Crippen molar-refractivity contribution in [2.75, 3.05) is 6.54 Å². The number of nitrogens with one attached hydrogen (secondary N) is 2. The maximum atomic E-state index is 11.7. The van der Waals surface area contributed by atoms with Crippen molar-refractivity contribution in [2.24, 2.45) is 0 Å². The Bertz CT molecular complexity index is 297. The lowest BCUT2D eigenvalue weighted by atomic mass is 9.94. The summed E-state index contributed by atoms with van der Waals surface area (Å²) in [5.41, 5.74) is -0.776. The van der Waals surface area contributed by atoms with E-state index >= 15 is 0 Å². The molecule has 0 aliphatic heterocycles. The van der Waals surface area contributed by atoms with Crippen LogP contribution in [0.3, 0.4) is 0 Å². The molecule has 0 spiro atoms. The molecule has 1 aliphatic carbocycles. The van der Waals surface area contributed by atoms with Crippen LogP contribution in [0.25, 0.3) is 0 Å². The minimum atomic E-state index is -0.776. The van der Waals surface area contributed by atoms with Gasteiger partial charge in [-0.25, -0.2) is 0 Å². The van der Waals surface area contributed by atoms with E-state index in [1.807, 2.05) is 0 Å². The Hall–Kier alpha value is -1.10. The Morgan fingerprint density at radius 1 is 1.22 bits per heavy atom. The van der Waals surface area contributed by atoms with Gasteiger partial charge in [-0.2, -0.15) is 0 Å². The second-order valence-electron chi connectivity index (χ2n) is 5.28. The summed E-state index contributed by atoms with van der Waals surface area (Å²) in [6.07, 6.45) is 5.79. The summed E-state index contributed by atoms with van der Waals surface area (Å²) >= 11 is 0. The van der Waals surface area contributed by atoms with Crippen LogP contribution in [-0.4, -0.2) is 35.1 Å². The van der Waals surface area contributed by atoms with Gasteiger partial charge < -0.3 is 15.7 Å². The van der Waals surface area contributed by atoms with Crippen LogP contribution < -0.4 is 10.6 Å². The molecule has 0 aromatic heterocycles. The molecule has 0 bridgehead atoms. The summed E-state index contributed by atoms with van der Waals surface area (Å²) < 4.78 is 0. The summed E-state index contributed by atoms with van der Waals surface area (Å²) in [6, 6.07) is -0.558. The van der Waals surface area contributed by atoms with E-state index in [0.717, 1.165) is 38.5 Å². The Morgan fingerprint density at radius 2 is 1.78 bits per heavy atom. The van der Waals surface area contributed by atoms with Crippen molar-refractivity contribution in [3.05, 3.63) is 0 Å². The van der Waals surface area contributed by atoms with Crippen molar-refractivity contribution in [3.8, 4) is 0 Å². The van der Waals surface area contributed by atoms with E-state index in [4.69, 9.17) is 0 Å². The molecule has 104 valence electrons. The standard InChI is InChI=1S/C13H24N2O3/c1-10(15-11(2)16)12(17)14-9-13(18)7-5-3-4-6-8-13/h10,18H,3-9H2,1-2H3,(H,14,17)(H,15,16). The third-order valence-corrected chi connectivity index (χ3v) is 3.44. The van der Waals surface area contributed by atoms with Gasteiger partial charge in [-0.1, -0.05) is 25.7 Å². The van der Waals surface area contributed by atoms with Crippen LogP contribution in [0.2, 0.25) is 0 Å². The Balaban J connectivity index is 2.38. The second kappa shape index (κ2) is 6.73. The summed E-state index contributed by atoms with van der Waals surface area (Å²) in [4.78, 5) is 22.5. The molecular weight excluding hydrogens is 232 g/mol. The topological polar surface area (TPSA) is 78.4 Å². The molecule has 1 aliphatic rings. The second-order valence-corrected chi connectivity index (χ2v) is 5.28. The highest BCUT2D eigenvalue weighted by Gasteiger charge is 2.29. The van der Waals surface area contributed by atoms with Crippen LogP contribution in [0.4, 0.5) is 0 Å². The van der Waals surface area contributed by atoms with Gasteiger partial charge in [0.15, 0.2) is 0 Å². The smallest absolute Gasteiger partial charge is 0.242 e. The molecule has 2 amide bonds. The van der Waals surface area contributed by atoms with Crippen LogP contribution in [0, 0.1) is 0 Å². The van der Waals surface area contributed by atoms with Gasteiger partial charge in [0, 0.05) is 13.5 Å². The maximum Gasteiger partial charge on any atom is 0.242 e. The van der Waals surface area contributed by atoms with Gasteiger partial charge in [-0.05, 0) is 19.8 Å². The predicted octanol–water partition coefficient (Wildman–Crippen LogP) is 0.712. The molecule has 1 fully saturated rings. The SMILES string of the molecule is CC(=O)NC(C)C(=O)NCC1(O)CCCCCC1. The fourth-order valence-corrected chi connectivity index (χ4v) is 2.34. The summed E-state index contributed by atoms with van der Waals surface area (Å²) in [6.45, 7) is 3.28. The fraction of sp³-hybridized carbons (Fsp3) is 0.846. The zero-order chi connectivity index (χ0) is 13.6. The molecular formula is C13H24N2O3. The average Bonchev–Trinajstić information content (AvgIpc) is 2.51. The summed E-state index contributed by atoms with van der Waals surface area (Å²) in [7, 11) is 0. The number of carbonyl (C=O) groups excluding carboxylic acids is 2. The van der Waals surface area contributed by atoms with Gasteiger partial charge in [0.25, 0.3) is 0 Å². The molecule has 5 heteroatoms. The number of amides is 2. The van der Waals surface area contributed by atoms with Crippen LogP contribution in [-0.2, 0) is 9.59 Å². The number of hydrogen-bond donors (Lipinski definition) is 3. The molecule has 1 rings (SSSR count). The first-order valence-corrected chi connectivity index (χ1v) is 6.70. The van der Waals surface area contributed by atoms with Gasteiger partial charge in [0.05, 0.1) is 5.60 Å². The maximum absolute atomic E-state index is 11.7. The minimum Gasteiger partial charge on any atom is -0.388 e. The van der Waals surface area contributed by atoms with E-state index in [0.29, 0.717) is 0 Å². The monoisotopic (exact) mass is 256 g/mol. The Labute approximate surface area is 108 Å². The van der Waals surface area contributed by atoms with E-state index in [1.165, 1.54) is 6.92 Å². The van der Waals surface area contributed by atoms with Crippen molar-refractivity contribution in [3.63, 3.8) is 0 Å². The molecule has 5 nitrogen and oxygen atoms in total. The van der Waals surface area contributed by atoms with Crippen LogP contribution in [0.1, 0.15) is 52.4 Å². The highest BCUT2D eigenvalue weighted by molar-refractivity contribution is 5.86. The average molecular weight is 256 g/mol. The van der Waals surface area contributed by atoms with E-state index in [9.17, 15) is 14.7 Å². The predicted molar refractivity (Wildman–Crippen MR) is 68.9 cm³/mol. The van der Waals surface area contributed by atoms with Crippen LogP contribution >= 0.6 is 0 Å². The molecule has 1 atom stereocenters. The van der Waals surface area contributed by atoms with E-state index in [1.54, 1.807) is 6.92 Å². The summed E-state index contributed by atoms with van der Waals surface area (Å²) in [5, 5.41) is 15.6. The van der Waals surface area contributed by atoms with Crippen molar-refractivity contribution in [1.82, 2.24) is 10.6 Å². The van der Waals surface area contributed by atoms with Crippen molar-refractivity contribution >= 4 is 11.8 Å². The molecule has 3 N–H and O–H groups in total. The van der Waals surface area contributed by atoms with Crippen molar-refractivity contribution < 1.29 is 14.7 Å². The normalized spacial score (nSPS) is 20.6. The van der Waals surface area contributed by atoms with E-state index in [2.05, 4.69) is 10.6 Å². The molecule has 1 unspecified atom stereocenters. The lowest BCUT2D eigenvalue weighted by Crippen LogP contribution is -2.49. The lowest BCUT2D eigenvalue weighted by Gasteiger charge is -2.27. The first-order chi connectivity index (χ1) is 8.43. The molecule has 0 saturated heterocycles. The fourth-order valence-electron chi connectivity index (χ4n) is 2.34. The van der Waals surface area contributed by atoms with Gasteiger partial charge in [-0.15, -0.1) is 0 Å². The molecule has 0 aromatic carbocycles. The van der Waals surface area contributed by atoms with Crippen LogP contribution in [0.5, 0.6) is 0 Å². The van der Waals surface area contributed by atoms with Gasteiger partial charge in [0.1, 0.15) is 6.04 Å². The zero-order valence-corrected chi connectivity index (χ0v) is 11.3. The highest BCUT2D eigenvalue weighted by Crippen LogP contribution is 2.26. The zero-order valence-electron chi connectivity index (χ0n) is 11.3. The Morgan fingerprint density at radius 3 is 2.28 bits per heavy atom. The summed E-state index contributed by atoms with van der Waals surface area (Å²) in [5.74, 6) is -0.478. The lowest BCUT2D eigenvalue weighted by molar-refractivity contribution is -0.128. The van der Waals surface area contributed by atoms with Crippen molar-refractivity contribution in [2.45, 2.75) is 64.0 Å². The molecule has 0 radical (unpaired) electrons. The largest absolute Gasteiger partial charge is 0.388 e. The molecule has 1 saturated carbocycles. The first kappa shape index (κ1) is 15.0. The molecule has 0 aromatic rings. The number of hydrogen-bond acceptors (Lipinski definition) is 3. The van der Waals surface area contributed by atoms with E-state index < -0.39 is 11.6 Å². The third-order valence-electron chi connectivity index (χ3n) is 3.44. The van der Waals surface area contributed by atoms with Crippen LogP contribution in [0.15, 0.2) is 0 Å². The molecule has 18 heavy (non-hydrogen) atoms. The number of aliphatic hydroxyl groups is 1. The number of carbonyl (C=O) groups is 2. The quantitative estimate of drug-likeness (QED) is 0.648. The van der Waals surface area contributed by atoms with Crippen molar-refractivity contribution in [1.29, 1.82) is 0 Å². The minimum absolute atomic E-state index is 0.231. The number of rotatable bonds is 4.